The quantitative estimate of drug-likeness (QED) is 0.924. The van der Waals surface area contributed by atoms with E-state index >= 15 is 0 Å². The molecular weight excluding hydrogens is 283 g/mol. The third-order valence-electron chi connectivity index (χ3n) is 4.05. The lowest BCUT2D eigenvalue weighted by Crippen LogP contribution is -2.29. The first-order chi connectivity index (χ1) is 9.79. The van der Waals surface area contributed by atoms with E-state index in [4.69, 9.17) is 4.74 Å². The van der Waals surface area contributed by atoms with Crippen molar-refractivity contribution in [3.05, 3.63) is 11.9 Å². The lowest BCUT2D eigenvalue weighted by Gasteiger charge is -2.32. The van der Waals surface area contributed by atoms with Crippen molar-refractivity contribution in [3.63, 3.8) is 0 Å². The fourth-order valence-corrected chi connectivity index (χ4v) is 2.52. The Morgan fingerprint density at radius 2 is 1.90 bits per heavy atom. The lowest BCUT2D eigenvalue weighted by molar-refractivity contribution is -0.145. The predicted octanol–water partition coefficient (Wildman–Crippen LogP) is 3.74. The monoisotopic (exact) mass is 303 g/mol. The molecule has 118 valence electrons. The first-order valence-electron chi connectivity index (χ1n) is 7.10. The number of hydrogen-bond acceptors (Lipinski definition) is 4. The summed E-state index contributed by atoms with van der Waals surface area (Å²) in [7, 11) is 1.51. The molecule has 1 saturated carbocycles. The van der Waals surface area contributed by atoms with Crippen LogP contribution in [0.3, 0.4) is 0 Å². The summed E-state index contributed by atoms with van der Waals surface area (Å²) < 4.78 is 44.0. The molecule has 0 amide bonds. The van der Waals surface area contributed by atoms with Crippen molar-refractivity contribution < 1.29 is 17.9 Å². The molecule has 0 aliphatic heterocycles. The van der Waals surface area contributed by atoms with Gasteiger partial charge in [-0.05, 0) is 31.1 Å². The van der Waals surface area contributed by atoms with E-state index in [1.807, 2.05) is 0 Å². The summed E-state index contributed by atoms with van der Waals surface area (Å²) >= 11 is 0. The van der Waals surface area contributed by atoms with Crippen molar-refractivity contribution in [2.24, 2.45) is 11.8 Å². The Balaban J connectivity index is 2.16. The third-order valence-corrected chi connectivity index (χ3v) is 4.05. The summed E-state index contributed by atoms with van der Waals surface area (Å²) in [5, 5.41) is 2.60. The molecule has 0 radical (unpaired) electrons. The predicted molar refractivity (Wildman–Crippen MR) is 73.2 cm³/mol. The Bertz CT molecular complexity index is 493. The molecule has 1 aromatic heterocycles. The third kappa shape index (κ3) is 3.98. The molecule has 0 spiro atoms. The molecule has 7 heteroatoms. The Morgan fingerprint density at radius 3 is 2.48 bits per heavy atom. The molecular formula is C14H20F3N3O. The zero-order valence-corrected chi connectivity index (χ0v) is 12.4. The molecule has 1 aliphatic carbocycles. The molecule has 1 fully saturated rings. The number of ether oxygens (including phenoxy) is 1. The number of rotatable bonds is 3. The van der Waals surface area contributed by atoms with Crippen LogP contribution in [0.1, 0.15) is 38.9 Å². The first-order valence-corrected chi connectivity index (χ1v) is 7.10. The number of anilines is 1. The minimum Gasteiger partial charge on any atom is -0.474 e. The van der Waals surface area contributed by atoms with Crippen LogP contribution in [-0.4, -0.2) is 23.1 Å². The van der Waals surface area contributed by atoms with Crippen molar-refractivity contribution in [2.75, 3.05) is 12.4 Å². The molecule has 1 N–H and O–H groups in total. The summed E-state index contributed by atoms with van der Waals surface area (Å²) in [6, 6.07) is 1.40. The Morgan fingerprint density at radius 1 is 1.19 bits per heavy atom. The van der Waals surface area contributed by atoms with Crippen molar-refractivity contribution >= 4 is 5.82 Å². The van der Waals surface area contributed by atoms with Crippen LogP contribution in [0.2, 0.25) is 0 Å². The maximum absolute atomic E-state index is 12.8. The van der Waals surface area contributed by atoms with E-state index in [1.165, 1.54) is 13.1 Å². The second-order valence-corrected chi connectivity index (χ2v) is 5.67. The van der Waals surface area contributed by atoms with Gasteiger partial charge in [0.05, 0.1) is 0 Å². The molecule has 0 aromatic carbocycles. The number of hydrogen-bond donors (Lipinski definition) is 1. The highest BCUT2D eigenvalue weighted by molar-refractivity contribution is 5.38. The molecule has 1 heterocycles. The molecule has 1 aliphatic rings. The minimum atomic E-state index is -4.58. The molecule has 0 saturated heterocycles. The number of alkyl halides is 3. The maximum atomic E-state index is 12.8. The van der Waals surface area contributed by atoms with E-state index in [1.54, 1.807) is 0 Å². The van der Waals surface area contributed by atoms with E-state index in [2.05, 4.69) is 29.1 Å². The summed E-state index contributed by atoms with van der Waals surface area (Å²) in [5.41, 5.74) is 0. The standard InChI is InChI=1S/C14H20F3N3O/c1-8-4-5-10(6-9(8)2)21-12-7-11(18-3)19-13(20-12)14(15,16)17/h7-10H,4-6H2,1-3H3,(H,18,19,20). The van der Waals surface area contributed by atoms with E-state index < -0.39 is 12.0 Å². The average molecular weight is 303 g/mol. The number of aromatic nitrogens is 2. The Labute approximate surface area is 122 Å². The van der Waals surface area contributed by atoms with Crippen molar-refractivity contribution in [1.29, 1.82) is 0 Å². The van der Waals surface area contributed by atoms with E-state index in [0.29, 0.717) is 11.8 Å². The normalized spacial score (nSPS) is 26.5. The van der Waals surface area contributed by atoms with Crippen LogP contribution in [0, 0.1) is 11.8 Å². The van der Waals surface area contributed by atoms with Gasteiger partial charge in [0.25, 0.3) is 0 Å². The van der Waals surface area contributed by atoms with Gasteiger partial charge in [0.2, 0.25) is 11.7 Å². The molecule has 2 rings (SSSR count). The van der Waals surface area contributed by atoms with Gasteiger partial charge in [0.1, 0.15) is 11.9 Å². The second-order valence-electron chi connectivity index (χ2n) is 5.67. The molecule has 4 nitrogen and oxygen atoms in total. The van der Waals surface area contributed by atoms with Crippen LogP contribution in [0.4, 0.5) is 19.0 Å². The highest BCUT2D eigenvalue weighted by Gasteiger charge is 2.36. The van der Waals surface area contributed by atoms with Gasteiger partial charge in [-0.1, -0.05) is 13.8 Å². The highest BCUT2D eigenvalue weighted by Crippen LogP contribution is 2.33. The van der Waals surface area contributed by atoms with Crippen LogP contribution < -0.4 is 10.1 Å². The van der Waals surface area contributed by atoms with Gasteiger partial charge < -0.3 is 10.1 Å². The largest absolute Gasteiger partial charge is 0.474 e. The SMILES string of the molecule is CNc1cc(OC2CCC(C)C(C)C2)nc(C(F)(F)F)n1. The van der Waals surface area contributed by atoms with Gasteiger partial charge in [-0.15, -0.1) is 0 Å². The lowest BCUT2D eigenvalue weighted by atomic mass is 9.80. The van der Waals surface area contributed by atoms with Gasteiger partial charge in [0.15, 0.2) is 0 Å². The first kappa shape index (κ1) is 15.9. The molecule has 0 bridgehead atoms. The van der Waals surface area contributed by atoms with E-state index in [9.17, 15) is 13.2 Å². The van der Waals surface area contributed by atoms with Gasteiger partial charge in [-0.25, -0.2) is 4.98 Å². The van der Waals surface area contributed by atoms with E-state index in [0.717, 1.165) is 19.3 Å². The minimum absolute atomic E-state index is 0.0200. The smallest absolute Gasteiger partial charge is 0.451 e. The van der Waals surface area contributed by atoms with Crippen molar-refractivity contribution in [3.8, 4) is 5.88 Å². The van der Waals surface area contributed by atoms with Gasteiger partial charge in [-0.3, -0.25) is 0 Å². The number of nitrogens with zero attached hydrogens (tertiary/aromatic N) is 2. The number of halogens is 3. The summed E-state index contributed by atoms with van der Waals surface area (Å²) in [6.07, 6.45) is -1.98. The maximum Gasteiger partial charge on any atom is 0.451 e. The second kappa shape index (κ2) is 6.07. The van der Waals surface area contributed by atoms with Gasteiger partial charge in [-0.2, -0.15) is 18.2 Å². The van der Waals surface area contributed by atoms with Crippen molar-refractivity contribution in [2.45, 2.75) is 45.4 Å². The molecule has 3 unspecified atom stereocenters. The van der Waals surface area contributed by atoms with Crippen LogP contribution in [0.25, 0.3) is 0 Å². The van der Waals surface area contributed by atoms with Crippen molar-refractivity contribution in [1.82, 2.24) is 9.97 Å². The van der Waals surface area contributed by atoms with Crippen LogP contribution in [0.15, 0.2) is 6.07 Å². The van der Waals surface area contributed by atoms with Crippen LogP contribution in [0.5, 0.6) is 5.88 Å². The Hall–Kier alpha value is -1.53. The average Bonchev–Trinajstić information content (AvgIpc) is 2.41. The Kier molecular flexibility index (Phi) is 4.58. The zero-order valence-electron chi connectivity index (χ0n) is 12.4. The molecule has 3 atom stereocenters. The number of nitrogens with one attached hydrogen (secondary N) is 1. The summed E-state index contributed by atoms with van der Waals surface area (Å²) in [4.78, 5) is 6.91. The van der Waals surface area contributed by atoms with Gasteiger partial charge >= 0.3 is 6.18 Å². The van der Waals surface area contributed by atoms with Crippen LogP contribution >= 0.6 is 0 Å². The fraction of sp³-hybridized carbons (Fsp3) is 0.714. The molecule has 1 aromatic rings. The van der Waals surface area contributed by atoms with E-state index in [-0.39, 0.29) is 17.8 Å². The van der Waals surface area contributed by atoms with Gasteiger partial charge in [0, 0.05) is 13.1 Å². The summed E-state index contributed by atoms with van der Waals surface area (Å²) in [6.45, 7) is 4.33. The topological polar surface area (TPSA) is 47.0 Å². The van der Waals surface area contributed by atoms with Crippen LogP contribution in [-0.2, 0) is 6.18 Å². The highest BCUT2D eigenvalue weighted by atomic mass is 19.4. The fourth-order valence-electron chi connectivity index (χ4n) is 2.52. The zero-order chi connectivity index (χ0) is 15.6. The summed E-state index contributed by atoms with van der Waals surface area (Å²) in [5.74, 6) is 0.0184. The molecule has 21 heavy (non-hydrogen) atoms.